The number of nitrogens with one attached hydrogen (secondary N) is 1. The van der Waals surface area contributed by atoms with E-state index in [2.05, 4.69) is 16.3 Å². The highest BCUT2D eigenvalue weighted by atomic mass is 16.5. The smallest absolute Gasteiger partial charge is 0.0776 e. The Balaban J connectivity index is 2.10. The van der Waals surface area contributed by atoms with Crippen molar-refractivity contribution in [2.24, 2.45) is 0 Å². The summed E-state index contributed by atoms with van der Waals surface area (Å²) in [6, 6.07) is 0. The largest absolute Gasteiger partial charge is 0.394 e. The molecule has 4 heteroatoms. The summed E-state index contributed by atoms with van der Waals surface area (Å²) in [5.74, 6) is 0. The quantitative estimate of drug-likeness (QED) is 0.677. The van der Waals surface area contributed by atoms with Crippen molar-refractivity contribution in [3.05, 3.63) is 24.0 Å². The van der Waals surface area contributed by atoms with Gasteiger partial charge in [0.15, 0.2) is 0 Å². The maximum Gasteiger partial charge on any atom is 0.0776 e. The molecule has 2 rings (SSSR count). The lowest BCUT2D eigenvalue weighted by Gasteiger charge is -2.35. The zero-order valence-corrected chi connectivity index (χ0v) is 9.07. The number of ether oxygens (including phenoxy) is 1. The summed E-state index contributed by atoms with van der Waals surface area (Å²) < 4.78 is 5.31. The number of hydrogen-bond donors (Lipinski definition) is 2. The van der Waals surface area contributed by atoms with Crippen LogP contribution in [0.1, 0.15) is 6.92 Å². The minimum atomic E-state index is -0.331. The molecule has 0 saturated carbocycles. The summed E-state index contributed by atoms with van der Waals surface area (Å²) in [5, 5.41) is 12.4. The van der Waals surface area contributed by atoms with Crippen LogP contribution in [0.4, 0.5) is 0 Å². The summed E-state index contributed by atoms with van der Waals surface area (Å²) in [6.45, 7) is 5.51. The monoisotopic (exact) mass is 210 g/mol. The van der Waals surface area contributed by atoms with Crippen LogP contribution in [0.5, 0.6) is 0 Å². The van der Waals surface area contributed by atoms with E-state index < -0.39 is 0 Å². The molecule has 2 aliphatic rings. The number of rotatable bonds is 2. The van der Waals surface area contributed by atoms with Gasteiger partial charge in [-0.3, -0.25) is 0 Å². The minimum absolute atomic E-state index is 0.102. The number of hydrogen-bond acceptors (Lipinski definition) is 4. The van der Waals surface area contributed by atoms with Crippen molar-refractivity contribution in [3.8, 4) is 0 Å². The molecule has 1 atom stereocenters. The van der Waals surface area contributed by atoms with Crippen LogP contribution in [0.25, 0.3) is 0 Å². The summed E-state index contributed by atoms with van der Waals surface area (Å²) in [7, 11) is 0. The van der Waals surface area contributed by atoms with E-state index in [4.69, 9.17) is 4.74 Å². The zero-order chi connectivity index (χ0) is 10.7. The van der Waals surface area contributed by atoms with Crippen LogP contribution >= 0.6 is 0 Å². The van der Waals surface area contributed by atoms with E-state index >= 15 is 0 Å². The van der Waals surface area contributed by atoms with Gasteiger partial charge in [-0.1, -0.05) is 0 Å². The highest BCUT2D eigenvalue weighted by molar-refractivity contribution is 5.28. The van der Waals surface area contributed by atoms with E-state index in [-0.39, 0.29) is 12.1 Å². The Morgan fingerprint density at radius 1 is 1.53 bits per heavy atom. The second-order valence-electron chi connectivity index (χ2n) is 4.22. The minimum Gasteiger partial charge on any atom is -0.394 e. The first-order chi connectivity index (χ1) is 7.23. The van der Waals surface area contributed by atoms with Crippen molar-refractivity contribution >= 4 is 0 Å². The van der Waals surface area contributed by atoms with Crippen LogP contribution in [-0.2, 0) is 4.74 Å². The molecule has 0 aromatic heterocycles. The number of dihydropyridines is 1. The first-order valence-electron chi connectivity index (χ1n) is 5.34. The van der Waals surface area contributed by atoms with Crippen molar-refractivity contribution < 1.29 is 9.84 Å². The van der Waals surface area contributed by atoms with Gasteiger partial charge in [0.05, 0.1) is 25.4 Å². The normalized spacial score (nSPS) is 31.1. The number of allylic oxidation sites excluding steroid dienone is 1. The van der Waals surface area contributed by atoms with E-state index in [1.165, 1.54) is 5.70 Å². The summed E-state index contributed by atoms with van der Waals surface area (Å²) in [5.41, 5.74) is 0.844. The van der Waals surface area contributed by atoms with Gasteiger partial charge in [0.1, 0.15) is 0 Å². The molecule has 1 saturated heterocycles. The van der Waals surface area contributed by atoms with Crippen molar-refractivity contribution in [1.29, 1.82) is 0 Å². The predicted octanol–water partition coefficient (Wildman–Crippen LogP) is 0.0704. The van der Waals surface area contributed by atoms with Crippen molar-refractivity contribution in [2.45, 2.75) is 12.5 Å². The molecule has 0 aliphatic carbocycles. The van der Waals surface area contributed by atoms with Gasteiger partial charge in [-0.05, 0) is 25.3 Å². The summed E-state index contributed by atoms with van der Waals surface area (Å²) >= 11 is 0. The highest BCUT2D eigenvalue weighted by Crippen LogP contribution is 2.18. The second kappa shape index (κ2) is 4.24. The lowest BCUT2D eigenvalue weighted by Crippen LogP contribution is -2.45. The third-order valence-electron chi connectivity index (χ3n) is 2.84. The fourth-order valence-corrected chi connectivity index (χ4v) is 1.84. The topological polar surface area (TPSA) is 44.7 Å². The van der Waals surface area contributed by atoms with Crippen LogP contribution in [0.2, 0.25) is 0 Å². The average Bonchev–Trinajstić information content (AvgIpc) is 2.30. The zero-order valence-electron chi connectivity index (χ0n) is 9.07. The third-order valence-corrected chi connectivity index (χ3v) is 2.84. The van der Waals surface area contributed by atoms with Crippen LogP contribution in [0.15, 0.2) is 24.0 Å². The Morgan fingerprint density at radius 2 is 2.27 bits per heavy atom. The van der Waals surface area contributed by atoms with Gasteiger partial charge in [-0.15, -0.1) is 0 Å². The molecule has 84 valence electrons. The molecule has 1 fully saturated rings. The molecule has 0 aromatic rings. The lowest BCUT2D eigenvalue weighted by molar-refractivity contribution is 0.0544. The highest BCUT2D eigenvalue weighted by Gasteiger charge is 2.24. The Kier molecular flexibility index (Phi) is 2.98. The first kappa shape index (κ1) is 10.5. The van der Waals surface area contributed by atoms with Crippen LogP contribution in [0, 0.1) is 0 Å². The predicted molar refractivity (Wildman–Crippen MR) is 58.2 cm³/mol. The first-order valence-corrected chi connectivity index (χ1v) is 5.34. The van der Waals surface area contributed by atoms with Crippen molar-refractivity contribution in [3.63, 3.8) is 0 Å². The standard InChI is InChI=1S/C11H18N2O2/c1-11(9-14)8-10(2-3-12-11)13-4-6-15-7-5-13/h2-3,8,12,14H,4-7,9H2,1H3. The van der Waals surface area contributed by atoms with E-state index in [0.717, 1.165) is 26.3 Å². The molecule has 0 aromatic carbocycles. The molecule has 2 N–H and O–H groups in total. The summed E-state index contributed by atoms with van der Waals surface area (Å²) in [4.78, 5) is 2.29. The SMILES string of the molecule is CC1(CO)C=C(N2CCOCC2)C=CN1. The maximum absolute atomic E-state index is 9.28. The Hall–Kier alpha value is -1.00. The van der Waals surface area contributed by atoms with E-state index in [0.29, 0.717) is 0 Å². The number of morpholine rings is 1. The number of aliphatic hydroxyl groups excluding tert-OH is 1. The molecular formula is C11H18N2O2. The molecule has 2 heterocycles. The third kappa shape index (κ3) is 2.33. The van der Waals surface area contributed by atoms with Gasteiger partial charge in [0.2, 0.25) is 0 Å². The molecule has 0 radical (unpaired) electrons. The van der Waals surface area contributed by atoms with Crippen LogP contribution in [0.3, 0.4) is 0 Å². The second-order valence-corrected chi connectivity index (χ2v) is 4.22. The fourth-order valence-electron chi connectivity index (χ4n) is 1.84. The molecule has 15 heavy (non-hydrogen) atoms. The van der Waals surface area contributed by atoms with Gasteiger partial charge >= 0.3 is 0 Å². The lowest BCUT2D eigenvalue weighted by atomic mass is 9.99. The van der Waals surface area contributed by atoms with Gasteiger partial charge in [0.25, 0.3) is 0 Å². The van der Waals surface area contributed by atoms with Crippen LogP contribution < -0.4 is 5.32 Å². The van der Waals surface area contributed by atoms with Crippen LogP contribution in [-0.4, -0.2) is 48.5 Å². The molecule has 0 amide bonds. The van der Waals surface area contributed by atoms with E-state index in [1.54, 1.807) is 0 Å². The number of nitrogens with zero attached hydrogens (tertiary/aromatic N) is 1. The summed E-state index contributed by atoms with van der Waals surface area (Å²) in [6.07, 6.45) is 6.03. The fraction of sp³-hybridized carbons (Fsp3) is 0.636. The molecular weight excluding hydrogens is 192 g/mol. The maximum atomic E-state index is 9.28. The van der Waals surface area contributed by atoms with Gasteiger partial charge in [-0.2, -0.15) is 0 Å². The van der Waals surface area contributed by atoms with Gasteiger partial charge in [0, 0.05) is 18.8 Å². The Bertz CT molecular complexity index is 282. The Labute approximate surface area is 90.2 Å². The van der Waals surface area contributed by atoms with Crippen molar-refractivity contribution in [1.82, 2.24) is 10.2 Å². The molecule has 2 aliphatic heterocycles. The number of aliphatic hydroxyl groups is 1. The van der Waals surface area contributed by atoms with Gasteiger partial charge < -0.3 is 20.1 Å². The van der Waals surface area contributed by atoms with Crippen molar-refractivity contribution in [2.75, 3.05) is 32.9 Å². The average molecular weight is 210 g/mol. The molecule has 4 nitrogen and oxygen atoms in total. The molecule has 1 unspecified atom stereocenters. The van der Waals surface area contributed by atoms with E-state index in [1.807, 2.05) is 19.2 Å². The molecule has 0 spiro atoms. The molecule has 0 bridgehead atoms. The van der Waals surface area contributed by atoms with Gasteiger partial charge in [-0.25, -0.2) is 0 Å². The van der Waals surface area contributed by atoms with E-state index in [9.17, 15) is 5.11 Å². The Morgan fingerprint density at radius 3 is 2.93 bits per heavy atom.